The molecular weight excluding hydrogens is 170 g/mol. The largest absolute Gasteiger partial charge is 0.480 e. The summed E-state index contributed by atoms with van der Waals surface area (Å²) in [5.41, 5.74) is 0.701. The molecule has 0 aromatic heterocycles. The van der Waals surface area contributed by atoms with E-state index in [0.717, 1.165) is 0 Å². The monoisotopic (exact) mass is 181 g/mol. The summed E-state index contributed by atoms with van der Waals surface area (Å²) in [5.74, 6) is -0.960. The van der Waals surface area contributed by atoms with Crippen molar-refractivity contribution in [1.29, 1.82) is 0 Å². The molecule has 70 valence electrons. The first-order valence-corrected chi connectivity index (χ1v) is 3.86. The van der Waals surface area contributed by atoms with Gasteiger partial charge >= 0.3 is 5.97 Å². The minimum atomic E-state index is -0.960. The van der Waals surface area contributed by atoms with Crippen molar-refractivity contribution in [2.75, 3.05) is 18.2 Å². The van der Waals surface area contributed by atoms with Crippen molar-refractivity contribution < 1.29 is 15.0 Å². The van der Waals surface area contributed by atoms with Gasteiger partial charge in [0.25, 0.3) is 0 Å². The number of carboxylic acid groups (broad SMARTS) is 1. The fourth-order valence-corrected chi connectivity index (χ4v) is 1.03. The molecule has 0 unspecified atom stereocenters. The van der Waals surface area contributed by atoms with Gasteiger partial charge in [-0.25, -0.2) is 0 Å². The summed E-state index contributed by atoms with van der Waals surface area (Å²) >= 11 is 0. The van der Waals surface area contributed by atoms with Crippen molar-refractivity contribution in [2.24, 2.45) is 0 Å². The number of carboxylic acids is 1. The lowest BCUT2D eigenvalue weighted by Crippen LogP contribution is -2.30. The molecule has 0 fully saturated rings. The second kappa shape index (κ2) is 4.47. The minimum absolute atomic E-state index is 0.194. The van der Waals surface area contributed by atoms with E-state index in [1.54, 1.807) is 24.3 Å². The number of para-hydroxylation sites is 1. The Kier molecular flexibility index (Phi) is 3.28. The number of benzene rings is 1. The molecule has 4 nitrogen and oxygen atoms in total. The van der Waals surface area contributed by atoms with E-state index in [1.165, 1.54) is 4.90 Å². The second-order valence-corrected chi connectivity index (χ2v) is 2.57. The number of hydrogen-bond donors (Lipinski definition) is 2. The number of aliphatic hydroxyl groups excluding tert-OH is 1. The smallest absolute Gasteiger partial charge is 0.323 e. The Bertz CT molecular complexity index is 273. The van der Waals surface area contributed by atoms with Gasteiger partial charge in [-0.05, 0) is 12.1 Å². The number of nitrogens with zero attached hydrogens (tertiary/aromatic N) is 1. The van der Waals surface area contributed by atoms with E-state index in [-0.39, 0.29) is 13.3 Å². The Balaban J connectivity index is 2.73. The molecule has 0 heterocycles. The number of carbonyl (C=O) groups is 1. The topological polar surface area (TPSA) is 60.8 Å². The van der Waals surface area contributed by atoms with E-state index < -0.39 is 5.97 Å². The Morgan fingerprint density at radius 3 is 2.38 bits per heavy atom. The summed E-state index contributed by atoms with van der Waals surface area (Å²) in [4.78, 5) is 11.8. The maximum atomic E-state index is 10.4. The highest BCUT2D eigenvalue weighted by Crippen LogP contribution is 2.11. The van der Waals surface area contributed by atoms with Gasteiger partial charge in [-0.2, -0.15) is 0 Å². The van der Waals surface area contributed by atoms with Crippen molar-refractivity contribution in [3.05, 3.63) is 30.3 Å². The Labute approximate surface area is 76.0 Å². The zero-order valence-corrected chi connectivity index (χ0v) is 7.05. The van der Waals surface area contributed by atoms with Gasteiger partial charge in [-0.1, -0.05) is 18.2 Å². The average Bonchev–Trinajstić information content (AvgIpc) is 2.15. The SMILES string of the molecule is O=C(O)CN(CO)c1ccccc1. The summed E-state index contributed by atoms with van der Waals surface area (Å²) in [6, 6.07) is 8.91. The number of anilines is 1. The molecule has 4 heteroatoms. The van der Waals surface area contributed by atoms with Crippen LogP contribution in [0.15, 0.2) is 30.3 Å². The molecule has 0 saturated carbocycles. The average molecular weight is 181 g/mol. The summed E-state index contributed by atoms with van der Waals surface area (Å²) < 4.78 is 0. The molecular formula is C9H11NO3. The van der Waals surface area contributed by atoms with Crippen LogP contribution in [0.1, 0.15) is 0 Å². The van der Waals surface area contributed by atoms with Crippen molar-refractivity contribution in [3.8, 4) is 0 Å². The molecule has 0 aliphatic carbocycles. The molecule has 0 amide bonds. The van der Waals surface area contributed by atoms with Crippen LogP contribution >= 0.6 is 0 Å². The summed E-state index contributed by atoms with van der Waals surface area (Å²) in [6.45, 7) is -0.489. The molecule has 1 aromatic rings. The Hall–Kier alpha value is -1.55. The third-order valence-corrected chi connectivity index (χ3v) is 1.62. The first kappa shape index (κ1) is 9.54. The zero-order chi connectivity index (χ0) is 9.68. The van der Waals surface area contributed by atoms with Crippen molar-refractivity contribution in [2.45, 2.75) is 0 Å². The maximum Gasteiger partial charge on any atom is 0.323 e. The first-order valence-electron chi connectivity index (χ1n) is 3.86. The van der Waals surface area contributed by atoms with E-state index in [1.807, 2.05) is 6.07 Å². The van der Waals surface area contributed by atoms with Crippen LogP contribution in [-0.2, 0) is 4.79 Å². The Morgan fingerprint density at radius 1 is 1.31 bits per heavy atom. The van der Waals surface area contributed by atoms with Gasteiger partial charge in [0.2, 0.25) is 0 Å². The highest BCUT2D eigenvalue weighted by Gasteiger charge is 2.07. The van der Waals surface area contributed by atoms with Crippen LogP contribution in [-0.4, -0.2) is 29.5 Å². The highest BCUT2D eigenvalue weighted by molar-refractivity contribution is 5.73. The fraction of sp³-hybridized carbons (Fsp3) is 0.222. The van der Waals surface area contributed by atoms with Crippen molar-refractivity contribution >= 4 is 11.7 Å². The predicted molar refractivity (Wildman–Crippen MR) is 48.5 cm³/mol. The van der Waals surface area contributed by atoms with Crippen LogP contribution in [0.2, 0.25) is 0 Å². The summed E-state index contributed by atoms with van der Waals surface area (Å²) in [7, 11) is 0. The molecule has 0 aliphatic rings. The van der Waals surface area contributed by atoms with Crippen LogP contribution in [0.5, 0.6) is 0 Å². The molecule has 0 spiro atoms. The van der Waals surface area contributed by atoms with Crippen molar-refractivity contribution in [1.82, 2.24) is 0 Å². The van der Waals surface area contributed by atoms with E-state index >= 15 is 0 Å². The number of rotatable bonds is 4. The van der Waals surface area contributed by atoms with Crippen LogP contribution < -0.4 is 4.90 Å². The third-order valence-electron chi connectivity index (χ3n) is 1.62. The van der Waals surface area contributed by atoms with Crippen LogP contribution in [0, 0.1) is 0 Å². The van der Waals surface area contributed by atoms with Gasteiger partial charge < -0.3 is 15.1 Å². The molecule has 1 rings (SSSR count). The van der Waals surface area contributed by atoms with Gasteiger partial charge in [0, 0.05) is 5.69 Å². The molecule has 0 atom stereocenters. The van der Waals surface area contributed by atoms with Crippen LogP contribution in [0.4, 0.5) is 5.69 Å². The second-order valence-electron chi connectivity index (χ2n) is 2.57. The summed E-state index contributed by atoms with van der Waals surface area (Å²) in [6.07, 6.45) is 0. The third kappa shape index (κ3) is 2.76. The van der Waals surface area contributed by atoms with E-state index in [2.05, 4.69) is 0 Å². The standard InChI is InChI=1S/C9H11NO3/c11-7-10(6-9(12)13)8-4-2-1-3-5-8/h1-5,11H,6-7H2,(H,12,13). The van der Waals surface area contributed by atoms with Crippen LogP contribution in [0.3, 0.4) is 0 Å². The predicted octanol–water partition coefficient (Wildman–Crippen LogP) is 0.527. The molecule has 2 N–H and O–H groups in total. The molecule has 13 heavy (non-hydrogen) atoms. The zero-order valence-electron chi connectivity index (χ0n) is 7.05. The molecule has 0 bridgehead atoms. The minimum Gasteiger partial charge on any atom is -0.480 e. The molecule has 1 aromatic carbocycles. The van der Waals surface area contributed by atoms with E-state index in [4.69, 9.17) is 10.2 Å². The van der Waals surface area contributed by atoms with E-state index in [0.29, 0.717) is 5.69 Å². The lowest BCUT2D eigenvalue weighted by molar-refractivity contribution is -0.135. The van der Waals surface area contributed by atoms with Gasteiger partial charge in [-0.3, -0.25) is 4.79 Å². The highest BCUT2D eigenvalue weighted by atomic mass is 16.4. The first-order chi connectivity index (χ1) is 6.24. The molecule has 0 saturated heterocycles. The quantitative estimate of drug-likeness (QED) is 0.665. The lowest BCUT2D eigenvalue weighted by Gasteiger charge is -2.19. The van der Waals surface area contributed by atoms with Crippen LogP contribution in [0.25, 0.3) is 0 Å². The normalized spacial score (nSPS) is 9.62. The van der Waals surface area contributed by atoms with Crippen molar-refractivity contribution in [3.63, 3.8) is 0 Å². The number of aliphatic carboxylic acids is 1. The lowest BCUT2D eigenvalue weighted by atomic mass is 10.3. The maximum absolute atomic E-state index is 10.4. The van der Waals surface area contributed by atoms with Gasteiger partial charge in [0.15, 0.2) is 0 Å². The fourth-order valence-electron chi connectivity index (χ4n) is 1.03. The Morgan fingerprint density at radius 2 is 1.92 bits per heavy atom. The number of hydrogen-bond acceptors (Lipinski definition) is 3. The molecule has 0 radical (unpaired) electrons. The summed E-state index contributed by atoms with van der Waals surface area (Å²) in [5, 5.41) is 17.4. The van der Waals surface area contributed by atoms with E-state index in [9.17, 15) is 4.79 Å². The van der Waals surface area contributed by atoms with Gasteiger partial charge in [0.1, 0.15) is 13.3 Å². The molecule has 0 aliphatic heterocycles. The van der Waals surface area contributed by atoms with Gasteiger partial charge in [0.05, 0.1) is 0 Å². The number of aliphatic hydroxyl groups is 1. The van der Waals surface area contributed by atoms with Gasteiger partial charge in [-0.15, -0.1) is 0 Å².